The van der Waals surface area contributed by atoms with E-state index in [1.807, 2.05) is 30.3 Å². The molecule has 172 valence electrons. The Hall–Kier alpha value is -3.18. The Morgan fingerprint density at radius 1 is 1.09 bits per heavy atom. The van der Waals surface area contributed by atoms with E-state index in [2.05, 4.69) is 18.2 Å². The van der Waals surface area contributed by atoms with Crippen LogP contribution in [0.1, 0.15) is 54.0 Å². The van der Waals surface area contributed by atoms with E-state index in [1.54, 1.807) is 7.11 Å². The SMILES string of the molecule is COC1CCCc2cc(-c3ccc(F)cc3COc3ccc(CCCC(=O)O)cc3)ccc21. The van der Waals surface area contributed by atoms with Crippen molar-refractivity contribution in [2.75, 3.05) is 7.11 Å². The smallest absolute Gasteiger partial charge is 0.303 e. The highest BCUT2D eigenvalue weighted by atomic mass is 19.1. The normalized spacial score (nSPS) is 15.2. The van der Waals surface area contributed by atoms with Crippen LogP contribution >= 0.6 is 0 Å². The molecule has 1 aliphatic rings. The van der Waals surface area contributed by atoms with Crippen LogP contribution in [0.15, 0.2) is 60.7 Å². The number of carboxylic acid groups (broad SMARTS) is 1. The zero-order chi connectivity index (χ0) is 23.2. The van der Waals surface area contributed by atoms with Crippen molar-refractivity contribution in [3.05, 3.63) is 88.7 Å². The minimum atomic E-state index is -0.779. The standard InChI is InChI=1S/C28H29FO4/c1-32-27-6-3-5-20-16-21(10-14-26(20)27)25-15-11-23(29)17-22(25)18-33-24-12-8-19(9-13-24)4-2-7-28(30)31/h8-17,27H,2-7,18H2,1H3,(H,30,31). The highest BCUT2D eigenvalue weighted by Crippen LogP contribution is 2.35. The molecule has 0 fully saturated rings. The highest BCUT2D eigenvalue weighted by molar-refractivity contribution is 5.69. The second-order valence-corrected chi connectivity index (χ2v) is 8.51. The van der Waals surface area contributed by atoms with Gasteiger partial charge >= 0.3 is 5.97 Å². The van der Waals surface area contributed by atoms with Crippen molar-refractivity contribution in [1.82, 2.24) is 0 Å². The minimum Gasteiger partial charge on any atom is -0.489 e. The number of rotatable bonds is 9. The molecule has 5 heteroatoms. The molecular weight excluding hydrogens is 419 g/mol. The molecule has 0 amide bonds. The Morgan fingerprint density at radius 2 is 1.91 bits per heavy atom. The van der Waals surface area contributed by atoms with Crippen LogP contribution in [0.5, 0.6) is 5.75 Å². The molecule has 1 N–H and O–H groups in total. The van der Waals surface area contributed by atoms with Crippen molar-refractivity contribution < 1.29 is 23.8 Å². The first-order valence-corrected chi connectivity index (χ1v) is 11.4. The van der Waals surface area contributed by atoms with Gasteiger partial charge in [-0.2, -0.15) is 0 Å². The molecule has 1 unspecified atom stereocenters. The van der Waals surface area contributed by atoms with Gasteiger partial charge in [0.2, 0.25) is 0 Å². The van der Waals surface area contributed by atoms with Crippen molar-refractivity contribution in [2.24, 2.45) is 0 Å². The number of benzene rings is 3. The van der Waals surface area contributed by atoms with Gasteiger partial charge in [0.25, 0.3) is 0 Å². The summed E-state index contributed by atoms with van der Waals surface area (Å²) in [5, 5.41) is 8.77. The molecule has 0 saturated carbocycles. The van der Waals surface area contributed by atoms with Crippen LogP contribution in [0, 0.1) is 5.82 Å². The quantitative estimate of drug-likeness (QED) is 0.406. The van der Waals surface area contributed by atoms with Crippen LogP contribution in [-0.2, 0) is 29.0 Å². The van der Waals surface area contributed by atoms with E-state index in [4.69, 9.17) is 14.6 Å². The van der Waals surface area contributed by atoms with Crippen molar-refractivity contribution >= 4 is 5.97 Å². The summed E-state index contributed by atoms with van der Waals surface area (Å²) >= 11 is 0. The third-order valence-electron chi connectivity index (χ3n) is 6.24. The predicted molar refractivity (Wildman–Crippen MR) is 126 cm³/mol. The number of methoxy groups -OCH3 is 1. The molecule has 3 aromatic rings. The number of carbonyl (C=O) groups is 1. The fourth-order valence-electron chi connectivity index (χ4n) is 4.50. The first-order chi connectivity index (χ1) is 16.0. The number of carboxylic acids is 1. The Labute approximate surface area is 194 Å². The zero-order valence-corrected chi connectivity index (χ0v) is 18.9. The summed E-state index contributed by atoms with van der Waals surface area (Å²) in [6, 6.07) is 18.9. The molecule has 0 heterocycles. The Balaban J connectivity index is 1.48. The molecule has 0 aromatic heterocycles. The van der Waals surface area contributed by atoms with Gasteiger partial charge < -0.3 is 14.6 Å². The number of ether oxygens (including phenoxy) is 2. The summed E-state index contributed by atoms with van der Waals surface area (Å²) in [5.74, 6) is -0.373. The van der Waals surface area contributed by atoms with Crippen molar-refractivity contribution in [3.63, 3.8) is 0 Å². The molecule has 33 heavy (non-hydrogen) atoms. The number of aryl methyl sites for hydroxylation is 2. The maximum Gasteiger partial charge on any atom is 0.303 e. The molecule has 0 radical (unpaired) electrons. The van der Waals surface area contributed by atoms with Gasteiger partial charge in [-0.15, -0.1) is 0 Å². The third kappa shape index (κ3) is 5.79. The summed E-state index contributed by atoms with van der Waals surface area (Å²) in [4.78, 5) is 10.7. The largest absolute Gasteiger partial charge is 0.489 e. The zero-order valence-electron chi connectivity index (χ0n) is 18.9. The van der Waals surface area contributed by atoms with E-state index in [0.29, 0.717) is 18.6 Å². The summed E-state index contributed by atoms with van der Waals surface area (Å²) < 4.78 is 25.7. The van der Waals surface area contributed by atoms with Gasteiger partial charge in [0, 0.05) is 13.5 Å². The number of aliphatic carboxylic acids is 1. The fraction of sp³-hybridized carbons (Fsp3) is 0.321. The van der Waals surface area contributed by atoms with Gasteiger partial charge in [0.05, 0.1) is 6.10 Å². The van der Waals surface area contributed by atoms with Crippen LogP contribution in [0.4, 0.5) is 4.39 Å². The Kier molecular flexibility index (Phi) is 7.40. The highest BCUT2D eigenvalue weighted by Gasteiger charge is 2.20. The second-order valence-electron chi connectivity index (χ2n) is 8.51. The lowest BCUT2D eigenvalue weighted by atomic mass is 9.86. The summed E-state index contributed by atoms with van der Waals surface area (Å²) in [5.41, 5.74) is 6.41. The van der Waals surface area contributed by atoms with Crippen molar-refractivity contribution in [3.8, 4) is 16.9 Å². The van der Waals surface area contributed by atoms with Crippen molar-refractivity contribution in [2.45, 2.75) is 51.2 Å². The van der Waals surface area contributed by atoms with E-state index in [-0.39, 0.29) is 24.9 Å². The molecule has 3 aromatic carbocycles. The predicted octanol–water partition coefficient (Wildman–Crippen LogP) is 6.50. The average Bonchev–Trinajstić information content (AvgIpc) is 2.82. The Bertz CT molecular complexity index is 1110. The number of hydrogen-bond donors (Lipinski definition) is 1. The molecule has 0 aliphatic heterocycles. The number of halogens is 1. The van der Waals surface area contributed by atoms with E-state index in [9.17, 15) is 9.18 Å². The van der Waals surface area contributed by atoms with Gasteiger partial charge in [-0.05, 0) is 89.8 Å². The van der Waals surface area contributed by atoms with Gasteiger partial charge in [-0.3, -0.25) is 4.79 Å². The van der Waals surface area contributed by atoms with Crippen LogP contribution in [0.2, 0.25) is 0 Å². The molecule has 0 bridgehead atoms. The van der Waals surface area contributed by atoms with Crippen LogP contribution in [0.3, 0.4) is 0 Å². The molecular formula is C28H29FO4. The summed E-state index contributed by atoms with van der Waals surface area (Å²) in [6.45, 7) is 0.253. The van der Waals surface area contributed by atoms with E-state index in [1.165, 1.54) is 23.3 Å². The van der Waals surface area contributed by atoms with E-state index in [0.717, 1.165) is 41.5 Å². The van der Waals surface area contributed by atoms with Crippen LogP contribution in [0.25, 0.3) is 11.1 Å². The lowest BCUT2D eigenvalue weighted by molar-refractivity contribution is -0.137. The maximum absolute atomic E-state index is 14.1. The van der Waals surface area contributed by atoms with Crippen LogP contribution in [-0.4, -0.2) is 18.2 Å². The molecule has 0 saturated heterocycles. The maximum atomic E-state index is 14.1. The monoisotopic (exact) mass is 448 g/mol. The van der Waals surface area contributed by atoms with Gasteiger partial charge in [-0.25, -0.2) is 4.39 Å². The lowest BCUT2D eigenvalue weighted by Gasteiger charge is -2.25. The topological polar surface area (TPSA) is 55.8 Å². The number of fused-ring (bicyclic) bond motifs is 1. The second kappa shape index (κ2) is 10.6. The molecule has 4 nitrogen and oxygen atoms in total. The minimum absolute atomic E-state index is 0.144. The summed E-state index contributed by atoms with van der Waals surface area (Å²) in [7, 11) is 1.76. The third-order valence-corrected chi connectivity index (χ3v) is 6.24. The van der Waals surface area contributed by atoms with E-state index < -0.39 is 5.97 Å². The van der Waals surface area contributed by atoms with Gasteiger partial charge in [0.15, 0.2) is 0 Å². The van der Waals surface area contributed by atoms with E-state index >= 15 is 0 Å². The molecule has 1 atom stereocenters. The van der Waals surface area contributed by atoms with Crippen LogP contribution < -0.4 is 4.74 Å². The average molecular weight is 449 g/mol. The first kappa shape index (κ1) is 23.0. The Morgan fingerprint density at radius 3 is 2.67 bits per heavy atom. The molecule has 1 aliphatic carbocycles. The fourth-order valence-corrected chi connectivity index (χ4v) is 4.50. The molecule has 4 rings (SSSR count). The first-order valence-electron chi connectivity index (χ1n) is 11.4. The summed E-state index contributed by atoms with van der Waals surface area (Å²) in [6.07, 6.45) is 4.78. The van der Waals surface area contributed by atoms with Gasteiger partial charge in [0.1, 0.15) is 18.2 Å². The van der Waals surface area contributed by atoms with Gasteiger partial charge in [-0.1, -0.05) is 36.4 Å². The number of hydrogen-bond acceptors (Lipinski definition) is 3. The lowest BCUT2D eigenvalue weighted by Crippen LogP contribution is -2.11. The molecule has 0 spiro atoms. The van der Waals surface area contributed by atoms with Crippen molar-refractivity contribution in [1.29, 1.82) is 0 Å².